The number of carboxylic acids is 1. The molecule has 4 nitrogen and oxygen atoms in total. The second kappa shape index (κ2) is 6.39. The number of benzene rings is 1. The molecule has 0 amide bonds. The summed E-state index contributed by atoms with van der Waals surface area (Å²) in [5.41, 5.74) is 2.03. The van der Waals surface area contributed by atoms with Gasteiger partial charge in [0, 0.05) is 13.5 Å². The maximum absolute atomic E-state index is 13.7. The van der Waals surface area contributed by atoms with Gasteiger partial charge in [0.25, 0.3) is 0 Å². The highest BCUT2D eigenvalue weighted by atomic mass is 79.9. The third-order valence-corrected chi connectivity index (χ3v) is 4.51. The second-order valence-corrected chi connectivity index (χ2v) is 5.80. The molecule has 21 heavy (non-hydrogen) atoms. The van der Waals surface area contributed by atoms with Crippen molar-refractivity contribution in [1.82, 2.24) is 9.78 Å². The fourth-order valence-electron chi connectivity index (χ4n) is 2.31. The van der Waals surface area contributed by atoms with Gasteiger partial charge in [0.1, 0.15) is 5.82 Å². The SMILES string of the molecule is Cc1nn(C)c(CC(Cc2ccccc2F)C(=O)O)c1Br. The van der Waals surface area contributed by atoms with Crippen molar-refractivity contribution in [2.45, 2.75) is 19.8 Å². The van der Waals surface area contributed by atoms with Gasteiger partial charge in [-0.1, -0.05) is 18.2 Å². The van der Waals surface area contributed by atoms with Crippen molar-refractivity contribution in [1.29, 1.82) is 0 Å². The van der Waals surface area contributed by atoms with Crippen LogP contribution in [-0.2, 0) is 24.7 Å². The van der Waals surface area contributed by atoms with E-state index in [0.717, 1.165) is 15.9 Å². The molecule has 0 aliphatic heterocycles. The van der Waals surface area contributed by atoms with Crippen molar-refractivity contribution in [3.05, 3.63) is 51.5 Å². The summed E-state index contributed by atoms with van der Waals surface area (Å²) in [6.07, 6.45) is 0.445. The van der Waals surface area contributed by atoms with E-state index in [9.17, 15) is 14.3 Å². The smallest absolute Gasteiger partial charge is 0.307 e. The lowest BCUT2D eigenvalue weighted by atomic mass is 9.94. The summed E-state index contributed by atoms with van der Waals surface area (Å²) in [5, 5.41) is 13.7. The molecule has 1 heterocycles. The first-order chi connectivity index (χ1) is 9.90. The highest BCUT2D eigenvalue weighted by molar-refractivity contribution is 9.10. The Bertz CT molecular complexity index is 670. The third kappa shape index (κ3) is 3.50. The Morgan fingerprint density at radius 2 is 2.10 bits per heavy atom. The molecule has 1 aromatic heterocycles. The largest absolute Gasteiger partial charge is 0.481 e. The van der Waals surface area contributed by atoms with Crippen LogP contribution in [0.5, 0.6) is 0 Å². The van der Waals surface area contributed by atoms with E-state index in [1.807, 2.05) is 6.92 Å². The lowest BCUT2D eigenvalue weighted by Gasteiger charge is -2.13. The topological polar surface area (TPSA) is 55.1 Å². The number of hydrogen-bond donors (Lipinski definition) is 1. The van der Waals surface area contributed by atoms with Gasteiger partial charge in [-0.05, 0) is 40.9 Å². The Hall–Kier alpha value is -1.69. The Balaban J connectivity index is 2.24. The molecule has 0 saturated carbocycles. The summed E-state index contributed by atoms with van der Waals surface area (Å²) in [6, 6.07) is 6.27. The molecule has 6 heteroatoms. The average molecular weight is 355 g/mol. The van der Waals surface area contributed by atoms with Crippen LogP contribution >= 0.6 is 15.9 Å². The number of hydrogen-bond acceptors (Lipinski definition) is 2. The molecule has 0 fully saturated rings. The molecule has 1 N–H and O–H groups in total. The van der Waals surface area contributed by atoms with Gasteiger partial charge in [0.15, 0.2) is 0 Å². The first kappa shape index (κ1) is 15.7. The molecule has 2 rings (SSSR count). The second-order valence-electron chi connectivity index (χ2n) is 5.00. The minimum Gasteiger partial charge on any atom is -0.481 e. The van der Waals surface area contributed by atoms with E-state index < -0.39 is 11.9 Å². The van der Waals surface area contributed by atoms with E-state index in [-0.39, 0.29) is 12.2 Å². The number of carbonyl (C=O) groups is 1. The maximum Gasteiger partial charge on any atom is 0.307 e. The Morgan fingerprint density at radius 1 is 1.43 bits per heavy atom. The predicted octanol–water partition coefficient (Wildman–Crippen LogP) is 3.12. The first-order valence-corrected chi connectivity index (χ1v) is 7.33. The summed E-state index contributed by atoms with van der Waals surface area (Å²) in [5.74, 6) is -2.01. The minimum absolute atomic E-state index is 0.151. The van der Waals surface area contributed by atoms with E-state index in [1.54, 1.807) is 29.9 Å². The molecule has 1 unspecified atom stereocenters. The first-order valence-electron chi connectivity index (χ1n) is 6.54. The number of nitrogens with zero attached hydrogens (tertiary/aromatic N) is 2. The number of aliphatic carboxylic acids is 1. The van der Waals surface area contributed by atoms with E-state index in [1.165, 1.54) is 6.07 Å². The van der Waals surface area contributed by atoms with Gasteiger partial charge in [-0.25, -0.2) is 4.39 Å². The van der Waals surface area contributed by atoms with Crippen LogP contribution < -0.4 is 0 Å². The Kier molecular flexibility index (Phi) is 4.77. The molecule has 0 aliphatic carbocycles. The molecule has 0 spiro atoms. The zero-order valence-corrected chi connectivity index (χ0v) is 13.4. The monoisotopic (exact) mass is 354 g/mol. The van der Waals surface area contributed by atoms with E-state index in [0.29, 0.717) is 12.0 Å². The molecule has 2 aromatic rings. The van der Waals surface area contributed by atoms with Crippen LogP contribution in [0.1, 0.15) is 17.0 Å². The molecule has 1 aromatic carbocycles. The van der Waals surface area contributed by atoms with Crippen molar-refractivity contribution < 1.29 is 14.3 Å². The van der Waals surface area contributed by atoms with Crippen molar-refractivity contribution in [2.24, 2.45) is 13.0 Å². The van der Waals surface area contributed by atoms with Crippen LogP contribution in [0.3, 0.4) is 0 Å². The van der Waals surface area contributed by atoms with Gasteiger partial charge < -0.3 is 5.11 Å². The number of aromatic nitrogens is 2. The summed E-state index contributed by atoms with van der Waals surface area (Å²) in [4.78, 5) is 11.5. The zero-order valence-electron chi connectivity index (χ0n) is 11.8. The summed E-state index contributed by atoms with van der Waals surface area (Å²) in [7, 11) is 1.77. The number of carboxylic acid groups (broad SMARTS) is 1. The van der Waals surface area contributed by atoms with E-state index in [4.69, 9.17) is 0 Å². The number of aryl methyl sites for hydroxylation is 2. The zero-order chi connectivity index (χ0) is 15.6. The normalized spacial score (nSPS) is 12.4. The fraction of sp³-hybridized carbons (Fsp3) is 0.333. The van der Waals surface area contributed by atoms with Crippen LogP contribution in [0.4, 0.5) is 4.39 Å². The summed E-state index contributed by atoms with van der Waals surface area (Å²) < 4.78 is 16.2. The average Bonchev–Trinajstić information content (AvgIpc) is 2.66. The maximum atomic E-state index is 13.7. The van der Waals surface area contributed by atoms with Gasteiger partial charge in [-0.15, -0.1) is 0 Å². The molecule has 0 aliphatic rings. The standard InChI is InChI=1S/C15H16BrFN2O2/c1-9-14(16)13(19(2)18-9)8-11(15(20)21)7-10-5-3-4-6-12(10)17/h3-6,11H,7-8H2,1-2H3,(H,20,21). The third-order valence-electron chi connectivity index (χ3n) is 3.47. The lowest BCUT2D eigenvalue weighted by Crippen LogP contribution is -2.21. The van der Waals surface area contributed by atoms with Crippen LogP contribution in [0.2, 0.25) is 0 Å². The lowest BCUT2D eigenvalue weighted by molar-refractivity contribution is -0.141. The fourth-order valence-corrected chi connectivity index (χ4v) is 2.81. The minimum atomic E-state index is -0.941. The summed E-state index contributed by atoms with van der Waals surface area (Å²) in [6.45, 7) is 1.85. The molecule has 0 saturated heterocycles. The molecular weight excluding hydrogens is 339 g/mol. The number of halogens is 2. The highest BCUT2D eigenvalue weighted by Crippen LogP contribution is 2.25. The molecule has 0 radical (unpaired) electrons. The van der Waals surface area contributed by atoms with E-state index >= 15 is 0 Å². The highest BCUT2D eigenvalue weighted by Gasteiger charge is 2.23. The van der Waals surface area contributed by atoms with Crippen LogP contribution in [0.15, 0.2) is 28.7 Å². The van der Waals surface area contributed by atoms with Gasteiger partial charge in [-0.3, -0.25) is 9.48 Å². The van der Waals surface area contributed by atoms with Crippen molar-refractivity contribution in [2.75, 3.05) is 0 Å². The molecule has 1 atom stereocenters. The summed E-state index contributed by atoms with van der Waals surface area (Å²) >= 11 is 3.43. The quantitative estimate of drug-likeness (QED) is 0.897. The van der Waals surface area contributed by atoms with Gasteiger partial charge in [0.05, 0.1) is 21.8 Å². The Labute approximate surface area is 130 Å². The van der Waals surface area contributed by atoms with Crippen molar-refractivity contribution in [3.8, 4) is 0 Å². The van der Waals surface area contributed by atoms with Gasteiger partial charge >= 0.3 is 5.97 Å². The van der Waals surface area contributed by atoms with Crippen LogP contribution in [0, 0.1) is 18.7 Å². The van der Waals surface area contributed by atoms with Gasteiger partial charge in [0.2, 0.25) is 0 Å². The Morgan fingerprint density at radius 3 is 2.62 bits per heavy atom. The predicted molar refractivity (Wildman–Crippen MR) is 80.6 cm³/mol. The van der Waals surface area contributed by atoms with Crippen molar-refractivity contribution in [3.63, 3.8) is 0 Å². The van der Waals surface area contributed by atoms with Crippen LogP contribution in [0.25, 0.3) is 0 Å². The van der Waals surface area contributed by atoms with Gasteiger partial charge in [-0.2, -0.15) is 5.10 Å². The van der Waals surface area contributed by atoms with Crippen molar-refractivity contribution >= 4 is 21.9 Å². The molecular formula is C15H16BrFN2O2. The number of rotatable bonds is 5. The van der Waals surface area contributed by atoms with Crippen LogP contribution in [-0.4, -0.2) is 20.9 Å². The molecule has 112 valence electrons. The van der Waals surface area contributed by atoms with E-state index in [2.05, 4.69) is 21.0 Å². The molecule has 0 bridgehead atoms.